The summed E-state index contributed by atoms with van der Waals surface area (Å²) in [5, 5.41) is 9.86. The molecule has 1 aromatic heterocycles. The average molecular weight is 396 g/mol. The number of aromatic hydroxyl groups is 1. The number of rotatable bonds is 4. The van der Waals surface area contributed by atoms with Gasteiger partial charge in [-0.05, 0) is 18.2 Å². The molecule has 2 aliphatic heterocycles. The van der Waals surface area contributed by atoms with Gasteiger partial charge in [0, 0.05) is 44.8 Å². The minimum absolute atomic E-state index is 0.0604. The monoisotopic (exact) mass is 396 g/mol. The highest BCUT2D eigenvalue weighted by Gasteiger charge is 2.24. The van der Waals surface area contributed by atoms with Crippen LogP contribution in [0.15, 0.2) is 36.9 Å². The molecule has 1 aromatic carbocycles. The van der Waals surface area contributed by atoms with Gasteiger partial charge in [-0.3, -0.25) is 4.79 Å². The van der Waals surface area contributed by atoms with E-state index in [2.05, 4.69) is 26.3 Å². The smallest absolute Gasteiger partial charge is 0.246 e. The molecular formula is C20H24N6O3. The lowest BCUT2D eigenvalue weighted by atomic mass is 10.2. The molecule has 1 amide bonds. The van der Waals surface area contributed by atoms with E-state index in [4.69, 9.17) is 9.72 Å². The van der Waals surface area contributed by atoms with E-state index in [0.29, 0.717) is 70.2 Å². The summed E-state index contributed by atoms with van der Waals surface area (Å²) in [6, 6.07) is 6.89. The van der Waals surface area contributed by atoms with Crippen molar-refractivity contribution in [1.29, 1.82) is 0 Å². The summed E-state index contributed by atoms with van der Waals surface area (Å²) in [5.41, 5.74) is 0.726. The minimum Gasteiger partial charge on any atom is -0.508 e. The normalized spacial score (nSPS) is 17.3. The third-order valence-electron chi connectivity index (χ3n) is 5.06. The van der Waals surface area contributed by atoms with Crippen molar-refractivity contribution in [1.82, 2.24) is 19.9 Å². The Kier molecular flexibility index (Phi) is 5.57. The van der Waals surface area contributed by atoms with Crippen molar-refractivity contribution in [2.45, 2.75) is 0 Å². The molecule has 9 nitrogen and oxygen atoms in total. The predicted octanol–water partition coefficient (Wildman–Crippen LogP) is 0.915. The number of piperazine rings is 1. The van der Waals surface area contributed by atoms with Gasteiger partial charge < -0.3 is 24.5 Å². The maximum atomic E-state index is 11.8. The number of carbonyl (C=O) groups is 1. The second-order valence-electron chi connectivity index (χ2n) is 6.93. The van der Waals surface area contributed by atoms with E-state index in [0.717, 1.165) is 5.56 Å². The summed E-state index contributed by atoms with van der Waals surface area (Å²) in [7, 11) is 0. The highest BCUT2D eigenvalue weighted by molar-refractivity contribution is 5.87. The van der Waals surface area contributed by atoms with Crippen LogP contribution in [-0.4, -0.2) is 83.3 Å². The van der Waals surface area contributed by atoms with E-state index in [1.165, 1.54) is 6.08 Å². The van der Waals surface area contributed by atoms with Crippen LogP contribution in [0.4, 0.5) is 11.9 Å². The van der Waals surface area contributed by atoms with Crippen molar-refractivity contribution in [3.63, 3.8) is 0 Å². The van der Waals surface area contributed by atoms with Gasteiger partial charge in [-0.25, -0.2) is 0 Å². The van der Waals surface area contributed by atoms with E-state index >= 15 is 0 Å². The molecule has 0 unspecified atom stereocenters. The number of carbonyl (C=O) groups excluding carboxylic acids is 1. The first kappa shape index (κ1) is 19.1. The number of amides is 1. The van der Waals surface area contributed by atoms with E-state index < -0.39 is 0 Å². The number of anilines is 2. The highest BCUT2D eigenvalue weighted by atomic mass is 16.5. The third-order valence-corrected chi connectivity index (χ3v) is 5.06. The molecule has 29 heavy (non-hydrogen) atoms. The first-order valence-corrected chi connectivity index (χ1v) is 9.68. The van der Waals surface area contributed by atoms with E-state index in [1.807, 2.05) is 6.07 Å². The molecule has 2 fully saturated rings. The Balaban J connectivity index is 1.64. The lowest BCUT2D eigenvalue weighted by Crippen LogP contribution is -2.49. The third kappa shape index (κ3) is 4.29. The lowest BCUT2D eigenvalue weighted by Gasteiger charge is -2.35. The molecule has 2 saturated heterocycles. The van der Waals surface area contributed by atoms with Gasteiger partial charge in [0.05, 0.1) is 13.2 Å². The summed E-state index contributed by atoms with van der Waals surface area (Å²) in [6.07, 6.45) is 1.34. The molecule has 2 aromatic rings. The Bertz CT molecular complexity index is 892. The first-order chi connectivity index (χ1) is 14.1. The van der Waals surface area contributed by atoms with Crippen LogP contribution in [0, 0.1) is 0 Å². The van der Waals surface area contributed by atoms with Crippen molar-refractivity contribution in [3.05, 3.63) is 36.9 Å². The van der Waals surface area contributed by atoms with Crippen LogP contribution in [0.5, 0.6) is 5.75 Å². The molecule has 2 aliphatic rings. The van der Waals surface area contributed by atoms with Crippen molar-refractivity contribution in [2.75, 3.05) is 62.3 Å². The highest BCUT2D eigenvalue weighted by Crippen LogP contribution is 2.25. The number of morpholine rings is 1. The second kappa shape index (κ2) is 8.44. The van der Waals surface area contributed by atoms with Crippen LogP contribution in [0.25, 0.3) is 11.4 Å². The number of phenols is 1. The molecule has 152 valence electrons. The molecule has 0 aliphatic carbocycles. The molecule has 0 bridgehead atoms. The van der Waals surface area contributed by atoms with Crippen LogP contribution in [0.3, 0.4) is 0 Å². The number of nitrogens with zero attached hydrogens (tertiary/aromatic N) is 6. The van der Waals surface area contributed by atoms with Gasteiger partial charge in [-0.15, -0.1) is 0 Å². The second-order valence-corrected chi connectivity index (χ2v) is 6.93. The lowest BCUT2D eigenvalue weighted by molar-refractivity contribution is -0.126. The number of aromatic nitrogens is 3. The fraction of sp³-hybridized carbons (Fsp3) is 0.400. The summed E-state index contributed by atoms with van der Waals surface area (Å²) in [6.45, 7) is 8.68. The summed E-state index contributed by atoms with van der Waals surface area (Å²) >= 11 is 0. The van der Waals surface area contributed by atoms with E-state index in [-0.39, 0.29) is 11.7 Å². The van der Waals surface area contributed by atoms with Crippen molar-refractivity contribution in [3.8, 4) is 17.1 Å². The molecule has 0 spiro atoms. The van der Waals surface area contributed by atoms with Gasteiger partial charge in [0.2, 0.25) is 17.8 Å². The van der Waals surface area contributed by atoms with E-state index in [1.54, 1.807) is 23.1 Å². The Morgan fingerprint density at radius 2 is 1.66 bits per heavy atom. The minimum atomic E-state index is -0.0604. The standard InChI is InChI=1S/C20H24N6O3/c1-2-17(28)24-6-8-25(9-7-24)19-21-18(15-4-3-5-16(27)14-15)22-20(23-19)26-10-12-29-13-11-26/h2-5,14,27H,1,6-13H2. The zero-order valence-electron chi connectivity index (χ0n) is 16.2. The Morgan fingerprint density at radius 1 is 1.00 bits per heavy atom. The molecular weight excluding hydrogens is 372 g/mol. The SMILES string of the molecule is C=CC(=O)N1CCN(c2nc(-c3cccc(O)c3)nc(N3CCOCC3)n2)CC1. The van der Waals surface area contributed by atoms with Crippen molar-refractivity contribution < 1.29 is 14.6 Å². The molecule has 0 atom stereocenters. The van der Waals surface area contributed by atoms with Gasteiger partial charge in [0.1, 0.15) is 5.75 Å². The maximum Gasteiger partial charge on any atom is 0.246 e. The number of benzene rings is 1. The Labute approximate surface area is 169 Å². The summed E-state index contributed by atoms with van der Waals surface area (Å²) < 4.78 is 5.44. The van der Waals surface area contributed by atoms with Crippen LogP contribution < -0.4 is 9.80 Å². The summed E-state index contributed by atoms with van der Waals surface area (Å²) in [5.74, 6) is 1.78. The summed E-state index contributed by atoms with van der Waals surface area (Å²) in [4.78, 5) is 31.8. The molecule has 4 rings (SSSR count). The Hall–Kier alpha value is -3.20. The number of hydrogen-bond donors (Lipinski definition) is 1. The van der Waals surface area contributed by atoms with Crippen LogP contribution in [-0.2, 0) is 9.53 Å². The van der Waals surface area contributed by atoms with Crippen molar-refractivity contribution in [2.24, 2.45) is 0 Å². The largest absolute Gasteiger partial charge is 0.508 e. The number of ether oxygens (including phenoxy) is 1. The van der Waals surface area contributed by atoms with Crippen LogP contribution >= 0.6 is 0 Å². The zero-order chi connectivity index (χ0) is 20.2. The average Bonchev–Trinajstić information content (AvgIpc) is 2.79. The molecule has 3 heterocycles. The van der Waals surface area contributed by atoms with Gasteiger partial charge in [0.15, 0.2) is 5.82 Å². The quantitative estimate of drug-likeness (QED) is 0.763. The van der Waals surface area contributed by atoms with E-state index in [9.17, 15) is 9.90 Å². The van der Waals surface area contributed by atoms with Crippen LogP contribution in [0.1, 0.15) is 0 Å². The van der Waals surface area contributed by atoms with Crippen LogP contribution in [0.2, 0.25) is 0 Å². The molecule has 0 radical (unpaired) electrons. The Morgan fingerprint density at radius 3 is 2.28 bits per heavy atom. The van der Waals surface area contributed by atoms with Gasteiger partial charge >= 0.3 is 0 Å². The molecule has 9 heteroatoms. The first-order valence-electron chi connectivity index (χ1n) is 9.68. The maximum absolute atomic E-state index is 11.8. The predicted molar refractivity (Wildman–Crippen MR) is 109 cm³/mol. The van der Waals surface area contributed by atoms with Gasteiger partial charge in [-0.1, -0.05) is 18.7 Å². The van der Waals surface area contributed by atoms with Gasteiger partial charge in [0.25, 0.3) is 0 Å². The number of hydrogen-bond acceptors (Lipinski definition) is 8. The number of phenolic OH excluding ortho intramolecular Hbond substituents is 1. The van der Waals surface area contributed by atoms with Gasteiger partial charge in [-0.2, -0.15) is 15.0 Å². The fourth-order valence-corrected chi connectivity index (χ4v) is 3.43. The van der Waals surface area contributed by atoms with Crippen molar-refractivity contribution >= 4 is 17.8 Å². The topological polar surface area (TPSA) is 94.9 Å². The molecule has 1 N–H and O–H groups in total. The fourth-order valence-electron chi connectivity index (χ4n) is 3.43. The molecule has 0 saturated carbocycles. The zero-order valence-corrected chi connectivity index (χ0v) is 16.2.